The van der Waals surface area contributed by atoms with E-state index in [0.29, 0.717) is 11.2 Å². The Balaban J connectivity index is 2.10. The molecule has 2 N–H and O–H groups in total. The molecule has 22 heavy (non-hydrogen) atoms. The van der Waals surface area contributed by atoms with Gasteiger partial charge in [0, 0.05) is 6.07 Å². The van der Waals surface area contributed by atoms with E-state index in [4.69, 9.17) is 16.0 Å². The van der Waals surface area contributed by atoms with Crippen molar-refractivity contribution >= 4 is 38.4 Å². The molecule has 3 aromatic rings. The van der Waals surface area contributed by atoms with E-state index >= 15 is 0 Å². The summed E-state index contributed by atoms with van der Waals surface area (Å²) in [6, 6.07) is 9.52. The zero-order valence-electron chi connectivity index (χ0n) is 11.4. The van der Waals surface area contributed by atoms with Crippen molar-refractivity contribution in [1.29, 1.82) is 0 Å². The Kier molecular flexibility index (Phi) is 3.46. The number of hydrogen-bond donors (Lipinski definition) is 2. The summed E-state index contributed by atoms with van der Waals surface area (Å²) in [6.07, 6.45) is 0. The standard InChI is InChI=1S/C14H11ClN2O4S/c1-8-4-2-3-5-10(8)17-22(19,20)13-7-12-11(6-9(13)15)16-14(18)21-12/h2-7,17H,1H3,(H,16,18). The summed E-state index contributed by atoms with van der Waals surface area (Å²) in [7, 11) is -3.91. The van der Waals surface area contributed by atoms with E-state index in [0.717, 1.165) is 5.56 Å². The van der Waals surface area contributed by atoms with Gasteiger partial charge < -0.3 is 4.42 Å². The number of nitrogens with one attached hydrogen (secondary N) is 2. The third-order valence-electron chi connectivity index (χ3n) is 3.15. The predicted octanol–water partition coefficient (Wildman–Crippen LogP) is 2.88. The molecule has 3 rings (SSSR count). The molecule has 0 aliphatic heterocycles. The Labute approximate surface area is 130 Å². The van der Waals surface area contributed by atoms with Crippen LogP contribution < -0.4 is 10.5 Å². The van der Waals surface area contributed by atoms with Crippen LogP contribution in [0.25, 0.3) is 11.1 Å². The Hall–Kier alpha value is -2.25. The second-order valence-corrected chi connectivity index (χ2v) is 6.77. The van der Waals surface area contributed by atoms with E-state index in [1.54, 1.807) is 31.2 Å². The Morgan fingerprint density at radius 2 is 1.95 bits per heavy atom. The van der Waals surface area contributed by atoms with Crippen LogP contribution in [0, 0.1) is 6.92 Å². The molecule has 0 spiro atoms. The van der Waals surface area contributed by atoms with Gasteiger partial charge in [-0.2, -0.15) is 0 Å². The summed E-state index contributed by atoms with van der Waals surface area (Å²) in [5.41, 5.74) is 1.69. The fraction of sp³-hybridized carbons (Fsp3) is 0.0714. The molecule has 114 valence electrons. The van der Waals surface area contributed by atoms with Gasteiger partial charge in [-0.3, -0.25) is 9.71 Å². The van der Waals surface area contributed by atoms with E-state index in [1.165, 1.54) is 12.1 Å². The average molecular weight is 339 g/mol. The van der Waals surface area contributed by atoms with Gasteiger partial charge in [0.2, 0.25) is 0 Å². The van der Waals surface area contributed by atoms with Crippen molar-refractivity contribution in [3.8, 4) is 0 Å². The predicted molar refractivity (Wildman–Crippen MR) is 83.8 cm³/mol. The van der Waals surface area contributed by atoms with Crippen molar-refractivity contribution in [2.24, 2.45) is 0 Å². The summed E-state index contributed by atoms with van der Waals surface area (Å²) < 4.78 is 32.3. The molecule has 0 fully saturated rings. The summed E-state index contributed by atoms with van der Waals surface area (Å²) in [5, 5.41) is -0.00867. The van der Waals surface area contributed by atoms with Crippen LogP contribution in [0.2, 0.25) is 5.02 Å². The van der Waals surface area contributed by atoms with Gasteiger partial charge in [0.05, 0.1) is 16.2 Å². The van der Waals surface area contributed by atoms with Gasteiger partial charge in [-0.15, -0.1) is 0 Å². The van der Waals surface area contributed by atoms with Crippen LogP contribution in [0.3, 0.4) is 0 Å². The number of halogens is 1. The monoisotopic (exact) mass is 338 g/mol. The van der Waals surface area contributed by atoms with Crippen molar-refractivity contribution in [3.05, 3.63) is 57.5 Å². The molecule has 1 aromatic heterocycles. The molecular weight excluding hydrogens is 328 g/mol. The first-order valence-electron chi connectivity index (χ1n) is 6.27. The molecule has 8 heteroatoms. The van der Waals surface area contributed by atoms with Gasteiger partial charge in [-0.1, -0.05) is 29.8 Å². The minimum Gasteiger partial charge on any atom is -0.408 e. The third kappa shape index (κ3) is 2.60. The molecule has 2 aromatic carbocycles. The Morgan fingerprint density at radius 1 is 1.23 bits per heavy atom. The molecule has 1 heterocycles. The lowest BCUT2D eigenvalue weighted by Gasteiger charge is -2.11. The highest BCUT2D eigenvalue weighted by molar-refractivity contribution is 7.92. The molecule has 0 unspecified atom stereocenters. The van der Waals surface area contributed by atoms with Gasteiger partial charge in [0.15, 0.2) is 5.58 Å². The van der Waals surface area contributed by atoms with E-state index < -0.39 is 15.8 Å². The van der Waals surface area contributed by atoms with Crippen LogP contribution in [0.5, 0.6) is 0 Å². The highest BCUT2D eigenvalue weighted by atomic mass is 35.5. The fourth-order valence-corrected chi connectivity index (χ4v) is 3.72. The van der Waals surface area contributed by atoms with Gasteiger partial charge in [-0.25, -0.2) is 13.2 Å². The second-order valence-electron chi connectivity index (χ2n) is 4.71. The van der Waals surface area contributed by atoms with E-state index in [-0.39, 0.29) is 15.5 Å². The molecule has 6 nitrogen and oxygen atoms in total. The third-order valence-corrected chi connectivity index (χ3v) is 4.98. The highest BCUT2D eigenvalue weighted by Gasteiger charge is 2.21. The number of oxazole rings is 1. The van der Waals surface area contributed by atoms with Crippen molar-refractivity contribution in [2.45, 2.75) is 11.8 Å². The lowest BCUT2D eigenvalue weighted by Crippen LogP contribution is -2.14. The van der Waals surface area contributed by atoms with Gasteiger partial charge in [-0.05, 0) is 24.6 Å². The minimum atomic E-state index is -3.91. The van der Waals surface area contributed by atoms with Crippen molar-refractivity contribution in [2.75, 3.05) is 4.72 Å². The molecular formula is C14H11ClN2O4S. The van der Waals surface area contributed by atoms with Crippen LogP contribution >= 0.6 is 11.6 Å². The van der Waals surface area contributed by atoms with E-state index in [1.807, 2.05) is 0 Å². The first-order valence-corrected chi connectivity index (χ1v) is 8.14. The number of fused-ring (bicyclic) bond motifs is 1. The first-order chi connectivity index (χ1) is 10.4. The normalized spacial score (nSPS) is 11.7. The molecule has 0 saturated carbocycles. The second kappa shape index (κ2) is 5.19. The molecule has 0 radical (unpaired) electrons. The zero-order valence-corrected chi connectivity index (χ0v) is 13.0. The number of benzene rings is 2. The maximum atomic E-state index is 12.5. The number of H-pyrrole nitrogens is 1. The van der Waals surface area contributed by atoms with Gasteiger partial charge in [0.25, 0.3) is 10.0 Å². The molecule has 0 amide bonds. The number of aromatic nitrogens is 1. The van der Waals surface area contributed by atoms with Crippen molar-refractivity contribution < 1.29 is 12.8 Å². The Morgan fingerprint density at radius 3 is 2.68 bits per heavy atom. The molecule has 0 aliphatic rings. The van der Waals surface area contributed by atoms with Crippen LogP contribution in [-0.4, -0.2) is 13.4 Å². The maximum absolute atomic E-state index is 12.5. The van der Waals surface area contributed by atoms with Crippen molar-refractivity contribution in [1.82, 2.24) is 4.98 Å². The van der Waals surface area contributed by atoms with Crippen LogP contribution in [0.4, 0.5) is 5.69 Å². The summed E-state index contributed by atoms with van der Waals surface area (Å²) in [5.74, 6) is -0.674. The number of para-hydroxylation sites is 1. The minimum absolute atomic E-state index is 0.00867. The molecule has 0 bridgehead atoms. The average Bonchev–Trinajstić information content (AvgIpc) is 2.79. The molecule has 0 aliphatic carbocycles. The largest absolute Gasteiger partial charge is 0.417 e. The number of aromatic amines is 1. The van der Waals surface area contributed by atoms with E-state index in [2.05, 4.69) is 9.71 Å². The zero-order chi connectivity index (χ0) is 15.9. The first kappa shape index (κ1) is 14.7. The molecule has 0 atom stereocenters. The fourth-order valence-electron chi connectivity index (χ4n) is 2.05. The van der Waals surface area contributed by atoms with Crippen LogP contribution in [0.15, 0.2) is 50.5 Å². The van der Waals surface area contributed by atoms with Crippen LogP contribution in [0.1, 0.15) is 5.56 Å². The number of sulfonamides is 1. The number of hydrogen-bond acceptors (Lipinski definition) is 4. The van der Waals surface area contributed by atoms with Gasteiger partial charge in [0.1, 0.15) is 4.90 Å². The summed E-state index contributed by atoms with van der Waals surface area (Å²) in [6.45, 7) is 1.79. The number of anilines is 1. The Bertz CT molecular complexity index is 1020. The van der Waals surface area contributed by atoms with Gasteiger partial charge >= 0.3 is 5.76 Å². The van der Waals surface area contributed by atoms with Crippen molar-refractivity contribution in [3.63, 3.8) is 0 Å². The number of rotatable bonds is 3. The number of aryl methyl sites for hydroxylation is 1. The topological polar surface area (TPSA) is 92.2 Å². The van der Waals surface area contributed by atoms with E-state index in [9.17, 15) is 13.2 Å². The lowest BCUT2D eigenvalue weighted by atomic mass is 10.2. The quantitative estimate of drug-likeness (QED) is 0.768. The lowest BCUT2D eigenvalue weighted by molar-refractivity contribution is 0.554. The smallest absolute Gasteiger partial charge is 0.408 e. The maximum Gasteiger partial charge on any atom is 0.417 e. The van der Waals surface area contributed by atoms with Crippen LogP contribution in [-0.2, 0) is 10.0 Å². The summed E-state index contributed by atoms with van der Waals surface area (Å²) in [4.78, 5) is 13.4. The SMILES string of the molecule is Cc1ccccc1NS(=O)(=O)c1cc2oc(=O)[nH]c2cc1Cl. The summed E-state index contributed by atoms with van der Waals surface area (Å²) >= 11 is 6.02. The highest BCUT2D eigenvalue weighted by Crippen LogP contribution is 2.28. The molecule has 0 saturated heterocycles.